The van der Waals surface area contributed by atoms with Gasteiger partial charge in [-0.2, -0.15) is 9.78 Å². The number of carbonyl (C=O) groups is 1. The summed E-state index contributed by atoms with van der Waals surface area (Å²) in [6, 6.07) is 11.5. The number of hydrazone groups is 1. The fourth-order valence-corrected chi connectivity index (χ4v) is 4.42. The first-order valence-electron chi connectivity index (χ1n) is 11.7. The number of aromatic nitrogens is 5. The molecule has 2 aromatic heterocycles. The highest BCUT2D eigenvalue weighted by molar-refractivity contribution is 9.10. The van der Waals surface area contributed by atoms with E-state index in [-0.39, 0.29) is 29.8 Å². The van der Waals surface area contributed by atoms with Crippen molar-refractivity contribution in [2.45, 2.75) is 26.0 Å². The summed E-state index contributed by atoms with van der Waals surface area (Å²) >= 11 is 3.43. The molecule has 5 rings (SSSR count). The highest BCUT2D eigenvalue weighted by Crippen LogP contribution is 2.23. The first-order chi connectivity index (χ1) is 18.5. The van der Waals surface area contributed by atoms with E-state index in [9.17, 15) is 9.18 Å². The van der Waals surface area contributed by atoms with Gasteiger partial charge in [0.15, 0.2) is 5.69 Å². The molecule has 0 saturated carbocycles. The number of likely N-dealkylation sites (tertiary alicyclic amines) is 1. The van der Waals surface area contributed by atoms with Gasteiger partial charge in [-0.1, -0.05) is 33.3 Å². The SMILES string of the molecule is Nc1nonc1-n1nnc(CN2CCCC2)c1C(=O)N/N=C/c1cc(Br)ccc1OCc1cccc(F)c1. The fourth-order valence-electron chi connectivity index (χ4n) is 4.04. The molecular formula is C24H23BrFN9O3. The number of nitrogens with two attached hydrogens (primary N) is 1. The summed E-state index contributed by atoms with van der Waals surface area (Å²) in [5.74, 6) is -0.389. The molecule has 0 spiro atoms. The van der Waals surface area contributed by atoms with Gasteiger partial charge < -0.3 is 10.5 Å². The number of benzene rings is 2. The van der Waals surface area contributed by atoms with Crippen molar-refractivity contribution in [1.29, 1.82) is 0 Å². The molecule has 1 saturated heterocycles. The molecule has 0 bridgehead atoms. The van der Waals surface area contributed by atoms with Crippen LogP contribution in [0.1, 0.15) is 40.2 Å². The maximum atomic E-state index is 13.5. The number of anilines is 1. The smallest absolute Gasteiger partial charge is 0.292 e. The minimum atomic E-state index is -0.569. The van der Waals surface area contributed by atoms with E-state index < -0.39 is 5.91 Å². The summed E-state index contributed by atoms with van der Waals surface area (Å²) in [5, 5.41) is 19.7. The quantitative estimate of drug-likeness (QED) is 0.224. The van der Waals surface area contributed by atoms with Crippen molar-refractivity contribution in [3.8, 4) is 11.6 Å². The molecule has 1 amide bonds. The van der Waals surface area contributed by atoms with Crippen molar-refractivity contribution >= 4 is 33.9 Å². The van der Waals surface area contributed by atoms with Crippen molar-refractivity contribution in [1.82, 2.24) is 35.6 Å². The number of ether oxygens (including phenoxy) is 1. The van der Waals surface area contributed by atoms with Gasteiger partial charge in [0.2, 0.25) is 11.6 Å². The molecule has 12 nitrogen and oxygen atoms in total. The average Bonchev–Trinajstić information content (AvgIpc) is 3.65. The van der Waals surface area contributed by atoms with Gasteiger partial charge >= 0.3 is 0 Å². The van der Waals surface area contributed by atoms with Crippen molar-refractivity contribution in [3.63, 3.8) is 0 Å². The second-order valence-electron chi connectivity index (χ2n) is 8.55. The number of hydrogen-bond donors (Lipinski definition) is 2. The Kier molecular flexibility index (Phi) is 7.70. The average molecular weight is 584 g/mol. The maximum Gasteiger partial charge on any atom is 0.292 e. The summed E-state index contributed by atoms with van der Waals surface area (Å²) in [6.45, 7) is 2.40. The maximum absolute atomic E-state index is 13.5. The van der Waals surface area contributed by atoms with Gasteiger partial charge in [0.1, 0.15) is 23.9 Å². The third kappa shape index (κ3) is 5.86. The zero-order valence-corrected chi connectivity index (χ0v) is 21.6. The topological polar surface area (TPSA) is 150 Å². The second kappa shape index (κ2) is 11.5. The van der Waals surface area contributed by atoms with Gasteiger partial charge in [-0.3, -0.25) is 9.69 Å². The van der Waals surface area contributed by atoms with Crippen LogP contribution < -0.4 is 15.9 Å². The van der Waals surface area contributed by atoms with Gasteiger partial charge in [0, 0.05) is 16.6 Å². The summed E-state index contributed by atoms with van der Waals surface area (Å²) in [5.41, 5.74) is 10.2. The zero-order valence-electron chi connectivity index (χ0n) is 20.0. The van der Waals surface area contributed by atoms with Gasteiger partial charge in [0.25, 0.3) is 5.91 Å². The number of rotatable bonds is 9. The Morgan fingerprint density at radius 1 is 1.24 bits per heavy atom. The van der Waals surface area contributed by atoms with Crippen LogP contribution in [0.25, 0.3) is 5.82 Å². The number of halogens is 2. The van der Waals surface area contributed by atoms with Gasteiger partial charge in [0.05, 0.1) is 6.21 Å². The number of carbonyl (C=O) groups excluding carboxylic acids is 1. The van der Waals surface area contributed by atoms with E-state index in [2.05, 4.69) is 56.6 Å². The number of nitrogen functional groups attached to an aromatic ring is 1. The normalized spacial score (nSPS) is 13.8. The Morgan fingerprint density at radius 2 is 2.08 bits per heavy atom. The molecule has 2 aromatic carbocycles. The van der Waals surface area contributed by atoms with E-state index in [4.69, 9.17) is 10.5 Å². The van der Waals surface area contributed by atoms with Crippen LogP contribution >= 0.6 is 15.9 Å². The van der Waals surface area contributed by atoms with Gasteiger partial charge in [-0.05, 0) is 72.1 Å². The molecule has 1 aliphatic heterocycles. The molecule has 14 heteroatoms. The Morgan fingerprint density at radius 3 is 2.84 bits per heavy atom. The van der Waals surface area contributed by atoms with Crippen molar-refractivity contribution in [2.75, 3.05) is 18.8 Å². The summed E-state index contributed by atoms with van der Waals surface area (Å²) < 4.78 is 26.0. The Balaban J connectivity index is 1.35. The van der Waals surface area contributed by atoms with Crippen LogP contribution in [-0.2, 0) is 13.2 Å². The van der Waals surface area contributed by atoms with Crippen LogP contribution in [0.15, 0.2) is 56.7 Å². The lowest BCUT2D eigenvalue weighted by molar-refractivity contribution is 0.0945. The van der Waals surface area contributed by atoms with E-state index in [1.807, 2.05) is 6.07 Å². The molecule has 0 radical (unpaired) electrons. The minimum absolute atomic E-state index is 0.0330. The summed E-state index contributed by atoms with van der Waals surface area (Å²) in [6.07, 6.45) is 3.61. The van der Waals surface area contributed by atoms with E-state index in [1.54, 1.807) is 24.3 Å². The fraction of sp³-hybridized carbons (Fsp3) is 0.250. The number of nitrogens with one attached hydrogen (secondary N) is 1. The van der Waals surface area contributed by atoms with E-state index in [0.717, 1.165) is 30.4 Å². The predicted octanol–water partition coefficient (Wildman–Crippen LogP) is 3.07. The van der Waals surface area contributed by atoms with Crippen LogP contribution in [-0.4, -0.2) is 55.4 Å². The molecule has 0 atom stereocenters. The Hall–Kier alpha value is -4.17. The van der Waals surface area contributed by atoms with E-state index in [1.165, 1.54) is 23.0 Å². The van der Waals surface area contributed by atoms with E-state index >= 15 is 0 Å². The molecule has 4 aromatic rings. The van der Waals surface area contributed by atoms with Crippen molar-refractivity contribution in [3.05, 3.63) is 75.3 Å². The van der Waals surface area contributed by atoms with Crippen LogP contribution in [0, 0.1) is 5.82 Å². The minimum Gasteiger partial charge on any atom is -0.488 e. The first kappa shape index (κ1) is 25.5. The molecule has 3 heterocycles. The lowest BCUT2D eigenvalue weighted by atomic mass is 10.2. The highest BCUT2D eigenvalue weighted by atomic mass is 79.9. The predicted molar refractivity (Wildman–Crippen MR) is 138 cm³/mol. The number of amides is 1. The molecular weight excluding hydrogens is 561 g/mol. The molecule has 3 N–H and O–H groups in total. The van der Waals surface area contributed by atoms with Crippen LogP contribution in [0.3, 0.4) is 0 Å². The van der Waals surface area contributed by atoms with Crippen LogP contribution in [0.5, 0.6) is 5.75 Å². The Bertz CT molecular complexity index is 1470. The van der Waals surface area contributed by atoms with Crippen LogP contribution in [0.2, 0.25) is 0 Å². The molecule has 196 valence electrons. The zero-order chi connectivity index (χ0) is 26.5. The van der Waals surface area contributed by atoms with Gasteiger partial charge in [-0.25, -0.2) is 14.4 Å². The molecule has 38 heavy (non-hydrogen) atoms. The molecule has 0 unspecified atom stereocenters. The van der Waals surface area contributed by atoms with E-state index in [0.29, 0.717) is 29.1 Å². The monoisotopic (exact) mass is 583 g/mol. The summed E-state index contributed by atoms with van der Waals surface area (Å²) in [4.78, 5) is 15.5. The Labute approximate surface area is 224 Å². The van der Waals surface area contributed by atoms with Crippen molar-refractivity contribution < 1.29 is 18.6 Å². The summed E-state index contributed by atoms with van der Waals surface area (Å²) in [7, 11) is 0. The number of hydrogen-bond acceptors (Lipinski definition) is 10. The van der Waals surface area contributed by atoms with Gasteiger partial charge in [-0.15, -0.1) is 5.10 Å². The largest absolute Gasteiger partial charge is 0.488 e. The van der Waals surface area contributed by atoms with Crippen LogP contribution in [0.4, 0.5) is 10.2 Å². The highest BCUT2D eigenvalue weighted by Gasteiger charge is 2.27. The lowest BCUT2D eigenvalue weighted by Crippen LogP contribution is -2.26. The molecule has 0 aliphatic carbocycles. The second-order valence-corrected chi connectivity index (χ2v) is 9.47. The standard InChI is InChI=1S/C24H23BrFN9O3/c25-17-6-7-20(37-14-15-4-3-5-18(26)10-15)16(11-17)12-28-30-24(36)21-19(13-34-8-1-2-9-34)29-33-35(21)23-22(27)31-38-32-23/h3-7,10-12H,1-2,8-9,13-14H2,(H2,27,31)(H,30,36)/b28-12+. The molecule has 1 fully saturated rings. The first-order valence-corrected chi connectivity index (χ1v) is 12.5. The third-order valence-corrected chi connectivity index (χ3v) is 6.34. The molecule has 1 aliphatic rings. The van der Waals surface area contributed by atoms with Crippen molar-refractivity contribution in [2.24, 2.45) is 5.10 Å². The number of nitrogens with zero attached hydrogens (tertiary/aromatic N) is 7. The lowest BCUT2D eigenvalue weighted by Gasteiger charge is -2.13. The third-order valence-electron chi connectivity index (χ3n) is 5.85.